The van der Waals surface area contributed by atoms with Crippen LogP contribution in [-0.4, -0.2) is 42.6 Å². The van der Waals surface area contributed by atoms with Gasteiger partial charge in [0.25, 0.3) is 5.88 Å². The number of hydrogen-bond donors (Lipinski definition) is 0. The number of hydrogen-bond acceptors (Lipinski definition) is 6. The molecule has 0 unspecified atom stereocenters. The van der Waals surface area contributed by atoms with Gasteiger partial charge >= 0.3 is 0 Å². The molecule has 1 saturated heterocycles. The minimum atomic E-state index is 0.308. The van der Waals surface area contributed by atoms with Gasteiger partial charge in [-0.3, -0.25) is 4.79 Å². The third kappa shape index (κ3) is 3.65. The number of piperidine rings is 1. The predicted octanol–water partition coefficient (Wildman–Crippen LogP) is 2.70. The molecule has 23 heavy (non-hydrogen) atoms. The quantitative estimate of drug-likeness (QED) is 0.791. The summed E-state index contributed by atoms with van der Waals surface area (Å²) in [5.74, 6) is 1.84. The SMILES string of the molecule is COC1CCN(c2nccnc2Oc2ccc(C=O)cc2)CC1. The van der Waals surface area contributed by atoms with E-state index in [-0.39, 0.29) is 0 Å². The summed E-state index contributed by atoms with van der Waals surface area (Å²) in [6.07, 6.45) is 6.31. The van der Waals surface area contributed by atoms with Crippen LogP contribution >= 0.6 is 0 Å². The first-order chi connectivity index (χ1) is 11.3. The van der Waals surface area contributed by atoms with E-state index in [4.69, 9.17) is 9.47 Å². The van der Waals surface area contributed by atoms with Crippen molar-refractivity contribution in [3.63, 3.8) is 0 Å². The standard InChI is InChI=1S/C17H19N3O3/c1-22-14-6-10-20(11-7-14)16-17(19-9-8-18-16)23-15-4-2-13(12-21)3-5-15/h2-5,8-9,12,14H,6-7,10-11H2,1H3. The van der Waals surface area contributed by atoms with Crippen LogP contribution in [0.2, 0.25) is 0 Å². The molecule has 2 aromatic rings. The summed E-state index contributed by atoms with van der Waals surface area (Å²) < 4.78 is 11.3. The third-order valence-corrected chi connectivity index (χ3v) is 3.95. The van der Waals surface area contributed by atoms with Gasteiger partial charge in [-0.05, 0) is 37.1 Å². The molecule has 0 amide bonds. The zero-order valence-corrected chi connectivity index (χ0v) is 13.0. The molecule has 2 heterocycles. The summed E-state index contributed by atoms with van der Waals surface area (Å²) in [5.41, 5.74) is 0.610. The van der Waals surface area contributed by atoms with Crippen LogP contribution in [0, 0.1) is 0 Å². The van der Waals surface area contributed by atoms with Crippen LogP contribution in [0.1, 0.15) is 23.2 Å². The minimum Gasteiger partial charge on any atom is -0.436 e. The topological polar surface area (TPSA) is 64.6 Å². The molecule has 1 fully saturated rings. The van der Waals surface area contributed by atoms with Crippen molar-refractivity contribution >= 4 is 12.1 Å². The number of benzene rings is 1. The molecule has 0 spiro atoms. The lowest BCUT2D eigenvalue weighted by atomic mass is 10.1. The molecule has 1 aromatic heterocycles. The molecule has 1 aromatic carbocycles. The van der Waals surface area contributed by atoms with Gasteiger partial charge in [-0.15, -0.1) is 0 Å². The average molecular weight is 313 g/mol. The summed E-state index contributed by atoms with van der Waals surface area (Å²) in [4.78, 5) is 21.6. The van der Waals surface area contributed by atoms with Gasteiger partial charge < -0.3 is 14.4 Å². The van der Waals surface area contributed by atoms with E-state index in [2.05, 4.69) is 14.9 Å². The maximum atomic E-state index is 10.7. The zero-order valence-electron chi connectivity index (χ0n) is 13.0. The summed E-state index contributed by atoms with van der Waals surface area (Å²) in [7, 11) is 1.75. The second kappa shape index (κ2) is 7.19. The summed E-state index contributed by atoms with van der Waals surface area (Å²) in [6, 6.07) is 6.92. The van der Waals surface area contributed by atoms with E-state index in [0.29, 0.717) is 23.3 Å². The molecule has 120 valence electrons. The van der Waals surface area contributed by atoms with Gasteiger partial charge in [0.2, 0.25) is 0 Å². The molecular weight excluding hydrogens is 294 g/mol. The van der Waals surface area contributed by atoms with Gasteiger partial charge in [0, 0.05) is 38.2 Å². The highest BCUT2D eigenvalue weighted by Gasteiger charge is 2.23. The number of aromatic nitrogens is 2. The maximum absolute atomic E-state index is 10.7. The summed E-state index contributed by atoms with van der Waals surface area (Å²) >= 11 is 0. The normalized spacial score (nSPS) is 15.4. The van der Waals surface area contributed by atoms with E-state index >= 15 is 0 Å². The molecule has 0 atom stereocenters. The van der Waals surface area contributed by atoms with E-state index in [0.717, 1.165) is 38.0 Å². The first-order valence-corrected chi connectivity index (χ1v) is 7.62. The average Bonchev–Trinajstić information content (AvgIpc) is 2.63. The Bertz CT molecular complexity index is 652. The van der Waals surface area contributed by atoms with Crippen LogP contribution in [-0.2, 0) is 4.74 Å². The van der Waals surface area contributed by atoms with E-state index in [1.807, 2.05) is 0 Å². The fourth-order valence-electron chi connectivity index (χ4n) is 2.64. The van der Waals surface area contributed by atoms with Crippen molar-refractivity contribution in [1.82, 2.24) is 9.97 Å². The fourth-order valence-corrected chi connectivity index (χ4v) is 2.64. The van der Waals surface area contributed by atoms with Gasteiger partial charge in [0.15, 0.2) is 5.82 Å². The van der Waals surface area contributed by atoms with Gasteiger partial charge in [0.05, 0.1) is 6.10 Å². The molecule has 0 radical (unpaired) electrons. The highest BCUT2D eigenvalue weighted by Crippen LogP contribution is 2.30. The van der Waals surface area contributed by atoms with Crippen molar-refractivity contribution in [2.45, 2.75) is 18.9 Å². The van der Waals surface area contributed by atoms with E-state index in [1.54, 1.807) is 43.8 Å². The van der Waals surface area contributed by atoms with Crippen molar-refractivity contribution in [3.8, 4) is 11.6 Å². The first-order valence-electron chi connectivity index (χ1n) is 7.62. The lowest BCUT2D eigenvalue weighted by Gasteiger charge is -2.32. The van der Waals surface area contributed by atoms with Crippen molar-refractivity contribution in [3.05, 3.63) is 42.2 Å². The Morgan fingerprint density at radius 2 is 1.83 bits per heavy atom. The van der Waals surface area contributed by atoms with Crippen LogP contribution < -0.4 is 9.64 Å². The van der Waals surface area contributed by atoms with Crippen LogP contribution in [0.15, 0.2) is 36.7 Å². The van der Waals surface area contributed by atoms with Crippen molar-refractivity contribution in [1.29, 1.82) is 0 Å². The number of rotatable bonds is 5. The molecule has 0 bridgehead atoms. The molecule has 0 saturated carbocycles. The van der Waals surface area contributed by atoms with Gasteiger partial charge in [-0.2, -0.15) is 0 Å². The lowest BCUT2D eigenvalue weighted by molar-refractivity contribution is 0.0817. The van der Waals surface area contributed by atoms with Crippen LogP contribution in [0.4, 0.5) is 5.82 Å². The van der Waals surface area contributed by atoms with E-state index < -0.39 is 0 Å². The molecule has 0 aliphatic carbocycles. The molecule has 1 aliphatic heterocycles. The Hall–Kier alpha value is -2.47. The monoisotopic (exact) mass is 313 g/mol. The van der Waals surface area contributed by atoms with E-state index in [1.165, 1.54) is 0 Å². The van der Waals surface area contributed by atoms with Crippen LogP contribution in [0.3, 0.4) is 0 Å². The van der Waals surface area contributed by atoms with Crippen molar-refractivity contribution in [2.24, 2.45) is 0 Å². The molecule has 3 rings (SSSR count). The second-order valence-corrected chi connectivity index (χ2v) is 5.40. The van der Waals surface area contributed by atoms with Crippen LogP contribution in [0.5, 0.6) is 11.6 Å². The first kappa shape index (κ1) is 15.4. The zero-order chi connectivity index (χ0) is 16.1. The van der Waals surface area contributed by atoms with Crippen molar-refractivity contribution in [2.75, 3.05) is 25.1 Å². The Morgan fingerprint density at radius 3 is 2.48 bits per heavy atom. The molecular formula is C17H19N3O3. The van der Waals surface area contributed by atoms with Crippen molar-refractivity contribution < 1.29 is 14.3 Å². The Balaban J connectivity index is 1.76. The Labute approximate surface area is 135 Å². The fraction of sp³-hybridized carbons (Fsp3) is 0.353. The number of methoxy groups -OCH3 is 1. The Morgan fingerprint density at radius 1 is 1.13 bits per heavy atom. The largest absolute Gasteiger partial charge is 0.436 e. The number of anilines is 1. The number of aldehydes is 1. The highest BCUT2D eigenvalue weighted by atomic mass is 16.5. The Kier molecular flexibility index (Phi) is 4.83. The van der Waals surface area contributed by atoms with E-state index in [9.17, 15) is 4.79 Å². The van der Waals surface area contributed by atoms with Gasteiger partial charge in [-0.25, -0.2) is 9.97 Å². The molecule has 1 aliphatic rings. The van der Waals surface area contributed by atoms with Gasteiger partial charge in [-0.1, -0.05) is 0 Å². The van der Waals surface area contributed by atoms with Gasteiger partial charge in [0.1, 0.15) is 12.0 Å². The highest BCUT2D eigenvalue weighted by molar-refractivity contribution is 5.74. The maximum Gasteiger partial charge on any atom is 0.263 e. The molecule has 0 N–H and O–H groups in total. The molecule has 6 nitrogen and oxygen atoms in total. The predicted molar refractivity (Wildman–Crippen MR) is 86.2 cm³/mol. The summed E-state index contributed by atoms with van der Waals surface area (Å²) in [5, 5.41) is 0. The molecule has 6 heteroatoms. The lowest BCUT2D eigenvalue weighted by Crippen LogP contribution is -2.37. The summed E-state index contributed by atoms with van der Waals surface area (Å²) in [6.45, 7) is 1.72. The smallest absolute Gasteiger partial charge is 0.263 e. The number of carbonyl (C=O) groups is 1. The second-order valence-electron chi connectivity index (χ2n) is 5.40. The number of nitrogens with zero attached hydrogens (tertiary/aromatic N) is 3. The minimum absolute atomic E-state index is 0.308. The number of carbonyl (C=O) groups excluding carboxylic acids is 1. The third-order valence-electron chi connectivity index (χ3n) is 3.95. The van der Waals surface area contributed by atoms with Crippen LogP contribution in [0.25, 0.3) is 0 Å². The number of ether oxygens (including phenoxy) is 2.